The van der Waals surface area contributed by atoms with E-state index < -0.39 is 0 Å². The molecule has 0 spiro atoms. The van der Waals surface area contributed by atoms with E-state index in [0.717, 1.165) is 0 Å². The average molecular weight is 439 g/mol. The predicted molar refractivity (Wildman–Crippen MR) is 118 cm³/mol. The van der Waals surface area contributed by atoms with E-state index in [1.807, 2.05) is 0 Å². The molecule has 0 saturated heterocycles. The van der Waals surface area contributed by atoms with Crippen LogP contribution < -0.4 is 20.1 Å². The first-order valence-corrected chi connectivity index (χ1v) is 10.2. The van der Waals surface area contributed by atoms with E-state index in [9.17, 15) is 14.4 Å². The zero-order valence-corrected chi connectivity index (χ0v) is 18.0. The average Bonchev–Trinajstić information content (AvgIpc) is 3.19. The summed E-state index contributed by atoms with van der Waals surface area (Å²) in [7, 11) is 3.01. The topological polar surface area (TPSA) is 107 Å². The maximum Gasteiger partial charge on any atom is 0.257 e. The third-order valence-electron chi connectivity index (χ3n) is 4.28. The van der Waals surface area contributed by atoms with Crippen molar-refractivity contribution in [2.24, 2.45) is 0 Å². The van der Waals surface area contributed by atoms with Gasteiger partial charge in [-0.3, -0.25) is 19.7 Å². The summed E-state index contributed by atoms with van der Waals surface area (Å²) >= 11 is 1.22. The summed E-state index contributed by atoms with van der Waals surface area (Å²) in [5, 5.41) is 7.53. The van der Waals surface area contributed by atoms with Crippen molar-refractivity contribution in [1.82, 2.24) is 4.98 Å². The van der Waals surface area contributed by atoms with Crippen LogP contribution in [0.5, 0.6) is 11.5 Å². The Balaban J connectivity index is 1.62. The van der Waals surface area contributed by atoms with Gasteiger partial charge in [-0.2, -0.15) is 0 Å². The van der Waals surface area contributed by atoms with Gasteiger partial charge in [0.2, 0.25) is 5.91 Å². The number of aromatic nitrogens is 1. The van der Waals surface area contributed by atoms with Gasteiger partial charge in [-0.05, 0) is 31.2 Å². The lowest BCUT2D eigenvalue weighted by molar-refractivity contribution is -0.115. The molecule has 0 radical (unpaired) electrons. The molecular weight excluding hydrogens is 418 g/mol. The van der Waals surface area contributed by atoms with Crippen LogP contribution in [0.4, 0.5) is 10.8 Å². The highest BCUT2D eigenvalue weighted by Crippen LogP contribution is 2.24. The van der Waals surface area contributed by atoms with Crippen LogP contribution in [0.2, 0.25) is 0 Å². The molecule has 1 heterocycles. The minimum absolute atomic E-state index is 0.0314. The molecule has 9 heteroatoms. The Morgan fingerprint density at radius 1 is 0.968 bits per heavy atom. The monoisotopic (exact) mass is 439 g/mol. The molecule has 2 aromatic carbocycles. The van der Waals surface area contributed by atoms with Crippen LogP contribution in [-0.2, 0) is 11.2 Å². The number of rotatable bonds is 8. The van der Waals surface area contributed by atoms with Crippen molar-refractivity contribution in [2.75, 3.05) is 24.9 Å². The summed E-state index contributed by atoms with van der Waals surface area (Å²) in [6, 6.07) is 11.6. The molecule has 160 valence electrons. The maximum atomic E-state index is 12.5. The number of ketones is 1. The van der Waals surface area contributed by atoms with Crippen molar-refractivity contribution in [3.63, 3.8) is 0 Å². The van der Waals surface area contributed by atoms with Crippen molar-refractivity contribution in [1.29, 1.82) is 0 Å². The first kappa shape index (κ1) is 22.0. The molecule has 1 aromatic heterocycles. The van der Waals surface area contributed by atoms with Crippen LogP contribution in [0.1, 0.15) is 33.3 Å². The van der Waals surface area contributed by atoms with Gasteiger partial charge in [-0.25, -0.2) is 4.98 Å². The van der Waals surface area contributed by atoms with Crippen LogP contribution in [0.3, 0.4) is 0 Å². The lowest BCUT2D eigenvalue weighted by Crippen LogP contribution is -2.15. The Bertz CT molecular complexity index is 1100. The third-order valence-corrected chi connectivity index (χ3v) is 5.09. The molecular formula is C22H21N3O5S. The standard InChI is InChI=1S/C22H21N3O5S/c1-13(26)14-5-4-6-16(7-14)23-20(27)10-17-12-31-22(24-17)25-21(28)15-8-18(29-2)11-19(9-15)30-3/h4-9,11-12H,10H2,1-3H3,(H,23,27)(H,24,25,28). The highest BCUT2D eigenvalue weighted by molar-refractivity contribution is 7.14. The summed E-state index contributed by atoms with van der Waals surface area (Å²) in [6.07, 6.45) is 0.0314. The predicted octanol–water partition coefficient (Wildman–Crippen LogP) is 3.80. The van der Waals surface area contributed by atoms with Gasteiger partial charge >= 0.3 is 0 Å². The minimum Gasteiger partial charge on any atom is -0.497 e. The highest BCUT2D eigenvalue weighted by atomic mass is 32.1. The fourth-order valence-electron chi connectivity index (χ4n) is 2.74. The van der Waals surface area contributed by atoms with Gasteiger partial charge in [0.05, 0.1) is 26.3 Å². The molecule has 2 amide bonds. The highest BCUT2D eigenvalue weighted by Gasteiger charge is 2.14. The molecule has 0 aliphatic carbocycles. The molecule has 0 unspecified atom stereocenters. The zero-order chi connectivity index (χ0) is 22.4. The van der Waals surface area contributed by atoms with E-state index in [-0.39, 0.29) is 24.0 Å². The number of anilines is 2. The van der Waals surface area contributed by atoms with Crippen LogP contribution in [0, 0.1) is 0 Å². The van der Waals surface area contributed by atoms with Gasteiger partial charge in [-0.15, -0.1) is 11.3 Å². The number of nitrogens with one attached hydrogen (secondary N) is 2. The van der Waals surface area contributed by atoms with Gasteiger partial charge in [0.25, 0.3) is 5.91 Å². The smallest absolute Gasteiger partial charge is 0.257 e. The maximum absolute atomic E-state index is 12.5. The molecule has 3 rings (SSSR count). The molecule has 0 aliphatic rings. The van der Waals surface area contributed by atoms with E-state index >= 15 is 0 Å². The summed E-state index contributed by atoms with van der Waals surface area (Å²) in [5.41, 5.74) is 1.93. The van der Waals surface area contributed by atoms with Gasteiger partial charge in [-0.1, -0.05) is 12.1 Å². The summed E-state index contributed by atoms with van der Waals surface area (Å²) < 4.78 is 10.4. The molecule has 31 heavy (non-hydrogen) atoms. The number of carbonyl (C=O) groups excluding carboxylic acids is 3. The first-order valence-electron chi connectivity index (χ1n) is 9.27. The van der Waals surface area contributed by atoms with Gasteiger partial charge < -0.3 is 14.8 Å². The number of hydrogen-bond donors (Lipinski definition) is 2. The lowest BCUT2D eigenvalue weighted by Gasteiger charge is -2.08. The fraction of sp³-hybridized carbons (Fsp3) is 0.182. The third kappa shape index (κ3) is 5.89. The number of ether oxygens (including phenoxy) is 2. The number of Topliss-reactive ketones (excluding diaryl/α,β-unsaturated/α-hetero) is 1. The summed E-state index contributed by atoms with van der Waals surface area (Å²) in [4.78, 5) is 40.6. The number of carbonyl (C=O) groups is 3. The number of thiazole rings is 1. The van der Waals surface area contributed by atoms with Crippen molar-refractivity contribution >= 4 is 39.8 Å². The second-order valence-corrected chi connectivity index (χ2v) is 7.42. The Kier molecular flexibility index (Phi) is 6.99. The SMILES string of the molecule is COc1cc(OC)cc(C(=O)Nc2nc(CC(=O)Nc3cccc(C(C)=O)c3)cs2)c1. The Morgan fingerprint density at radius 3 is 2.32 bits per heavy atom. The first-order chi connectivity index (χ1) is 14.9. The Morgan fingerprint density at radius 2 is 1.68 bits per heavy atom. The lowest BCUT2D eigenvalue weighted by atomic mass is 10.1. The van der Waals surface area contributed by atoms with Crippen LogP contribution in [-0.4, -0.2) is 36.8 Å². The number of nitrogens with zero attached hydrogens (tertiary/aromatic N) is 1. The number of benzene rings is 2. The number of hydrogen-bond acceptors (Lipinski definition) is 7. The summed E-state index contributed by atoms with van der Waals surface area (Å²) in [6.45, 7) is 1.47. The molecule has 0 saturated carbocycles. The van der Waals surface area contributed by atoms with Crippen LogP contribution >= 0.6 is 11.3 Å². The minimum atomic E-state index is -0.372. The second kappa shape index (κ2) is 9.86. The summed E-state index contributed by atoms with van der Waals surface area (Å²) in [5.74, 6) is 0.263. The van der Waals surface area contributed by atoms with Crippen LogP contribution in [0.15, 0.2) is 47.8 Å². The second-order valence-electron chi connectivity index (χ2n) is 6.56. The molecule has 0 fully saturated rings. The molecule has 3 aromatic rings. The molecule has 8 nitrogen and oxygen atoms in total. The van der Waals surface area contributed by atoms with E-state index in [0.29, 0.717) is 39.1 Å². The van der Waals surface area contributed by atoms with Crippen molar-refractivity contribution in [2.45, 2.75) is 13.3 Å². The van der Waals surface area contributed by atoms with Crippen molar-refractivity contribution < 1.29 is 23.9 Å². The number of amides is 2. The molecule has 0 aliphatic heterocycles. The molecule has 2 N–H and O–H groups in total. The van der Waals surface area contributed by atoms with Crippen LogP contribution in [0.25, 0.3) is 0 Å². The number of methoxy groups -OCH3 is 2. The van der Waals surface area contributed by atoms with Crippen molar-refractivity contribution in [3.8, 4) is 11.5 Å². The van der Waals surface area contributed by atoms with Gasteiger partial charge in [0.1, 0.15) is 11.5 Å². The molecule has 0 bridgehead atoms. The zero-order valence-electron chi connectivity index (χ0n) is 17.2. The van der Waals surface area contributed by atoms with E-state index in [4.69, 9.17) is 9.47 Å². The van der Waals surface area contributed by atoms with E-state index in [1.165, 1.54) is 32.5 Å². The largest absolute Gasteiger partial charge is 0.497 e. The van der Waals surface area contributed by atoms with Gasteiger partial charge in [0, 0.05) is 28.3 Å². The Labute approximate surface area is 183 Å². The van der Waals surface area contributed by atoms with Crippen molar-refractivity contribution in [3.05, 3.63) is 64.7 Å². The van der Waals surface area contributed by atoms with Gasteiger partial charge in [0.15, 0.2) is 10.9 Å². The van der Waals surface area contributed by atoms with E-state index in [2.05, 4.69) is 15.6 Å². The molecule has 0 atom stereocenters. The Hall–Kier alpha value is -3.72. The quantitative estimate of drug-likeness (QED) is 0.517. The van der Waals surface area contributed by atoms with E-state index in [1.54, 1.807) is 47.8 Å². The fourth-order valence-corrected chi connectivity index (χ4v) is 3.44. The normalized spacial score (nSPS) is 10.3.